The van der Waals surface area contributed by atoms with Gasteiger partial charge in [0.2, 0.25) is 0 Å². The summed E-state index contributed by atoms with van der Waals surface area (Å²) in [4.78, 5) is 0. The molecule has 4 nitrogen and oxygen atoms in total. The number of anilines is 3. The highest BCUT2D eigenvalue weighted by molar-refractivity contribution is 6.39. The van der Waals surface area contributed by atoms with E-state index in [1.807, 2.05) is 13.2 Å². The molecule has 0 spiro atoms. The molecule has 0 saturated carbocycles. The van der Waals surface area contributed by atoms with Gasteiger partial charge in [0.25, 0.3) is 0 Å². The first-order valence-electron chi connectivity index (χ1n) is 4.56. The smallest absolute Gasteiger partial charge is 0.0771 e. The topological polar surface area (TPSA) is 55.9 Å². The summed E-state index contributed by atoms with van der Waals surface area (Å²) in [6.45, 7) is 0. The summed E-state index contributed by atoms with van der Waals surface area (Å²) in [5.41, 5.74) is 7.59. The highest BCUT2D eigenvalue weighted by Crippen LogP contribution is 2.34. The zero-order valence-electron chi connectivity index (χ0n) is 8.54. The predicted octanol–water partition coefficient (Wildman–Crippen LogP) is 3.05. The highest BCUT2D eigenvalue weighted by atomic mass is 35.5. The number of hydrogen-bond acceptors (Lipinski definition) is 3. The van der Waals surface area contributed by atoms with Gasteiger partial charge in [-0.2, -0.15) is 5.10 Å². The first-order chi connectivity index (χ1) is 7.56. The van der Waals surface area contributed by atoms with Crippen LogP contribution in [0.4, 0.5) is 17.1 Å². The lowest BCUT2D eigenvalue weighted by atomic mass is 10.2. The molecule has 0 aliphatic carbocycles. The number of aromatic nitrogens is 2. The molecule has 1 heterocycles. The fourth-order valence-electron chi connectivity index (χ4n) is 1.34. The third-order valence-corrected chi connectivity index (χ3v) is 2.63. The van der Waals surface area contributed by atoms with Gasteiger partial charge >= 0.3 is 0 Å². The Morgan fingerprint density at radius 3 is 2.44 bits per heavy atom. The molecule has 0 aliphatic heterocycles. The summed E-state index contributed by atoms with van der Waals surface area (Å²) in [5, 5.41) is 8.08. The third-order valence-electron chi connectivity index (χ3n) is 2.04. The lowest BCUT2D eigenvalue weighted by Gasteiger charge is -2.09. The number of aryl methyl sites for hydroxylation is 1. The number of hydrogen-bond donors (Lipinski definition) is 2. The molecule has 0 radical (unpaired) electrons. The summed E-state index contributed by atoms with van der Waals surface area (Å²) in [6, 6.07) is 3.29. The van der Waals surface area contributed by atoms with E-state index in [-0.39, 0.29) is 0 Å². The van der Waals surface area contributed by atoms with E-state index >= 15 is 0 Å². The molecule has 0 bridgehead atoms. The monoisotopic (exact) mass is 256 g/mol. The van der Waals surface area contributed by atoms with Crippen LogP contribution < -0.4 is 11.1 Å². The van der Waals surface area contributed by atoms with E-state index in [4.69, 9.17) is 28.9 Å². The molecule has 0 unspecified atom stereocenters. The van der Waals surface area contributed by atoms with Crippen molar-refractivity contribution in [2.45, 2.75) is 0 Å². The van der Waals surface area contributed by atoms with Gasteiger partial charge in [-0.1, -0.05) is 23.2 Å². The molecule has 1 aromatic heterocycles. The number of nitrogens with two attached hydrogens (primary N) is 1. The minimum atomic E-state index is 0.480. The van der Waals surface area contributed by atoms with Gasteiger partial charge in [-0.05, 0) is 12.1 Å². The Kier molecular flexibility index (Phi) is 2.94. The molecule has 0 aliphatic rings. The molecule has 6 heteroatoms. The molecule has 84 valence electrons. The Morgan fingerprint density at radius 2 is 1.94 bits per heavy atom. The quantitative estimate of drug-likeness (QED) is 0.813. The number of nitrogen functional groups attached to an aromatic ring is 1. The molecule has 1 aromatic carbocycles. The van der Waals surface area contributed by atoms with Gasteiger partial charge in [0, 0.05) is 18.9 Å². The molecular weight excluding hydrogens is 247 g/mol. The molecule has 0 saturated heterocycles. The summed E-state index contributed by atoms with van der Waals surface area (Å²) in [6.07, 6.45) is 3.51. The van der Waals surface area contributed by atoms with Crippen molar-refractivity contribution in [2.24, 2.45) is 7.05 Å². The average molecular weight is 257 g/mol. The first kappa shape index (κ1) is 11.1. The van der Waals surface area contributed by atoms with Crippen molar-refractivity contribution in [3.05, 3.63) is 34.6 Å². The maximum Gasteiger partial charge on any atom is 0.0771 e. The number of nitrogens with one attached hydrogen (secondary N) is 1. The number of benzene rings is 1. The number of halogens is 2. The van der Waals surface area contributed by atoms with E-state index in [0.29, 0.717) is 21.4 Å². The van der Waals surface area contributed by atoms with E-state index in [0.717, 1.165) is 5.69 Å². The molecule has 2 rings (SSSR count). The summed E-state index contributed by atoms with van der Waals surface area (Å²) in [7, 11) is 1.83. The second-order valence-electron chi connectivity index (χ2n) is 3.39. The van der Waals surface area contributed by atoms with Crippen LogP contribution >= 0.6 is 23.2 Å². The summed E-state index contributed by atoms with van der Waals surface area (Å²) in [5.74, 6) is 0. The second kappa shape index (κ2) is 4.23. The fraction of sp³-hybridized carbons (Fsp3) is 0.100. The van der Waals surface area contributed by atoms with Crippen LogP contribution in [0.3, 0.4) is 0 Å². The number of nitrogens with zero attached hydrogens (tertiary/aromatic N) is 2. The summed E-state index contributed by atoms with van der Waals surface area (Å²) >= 11 is 12.1. The Morgan fingerprint density at radius 1 is 1.31 bits per heavy atom. The van der Waals surface area contributed by atoms with Gasteiger partial charge in [-0.3, -0.25) is 4.68 Å². The van der Waals surface area contributed by atoms with Gasteiger partial charge in [0.15, 0.2) is 0 Å². The van der Waals surface area contributed by atoms with Crippen LogP contribution in [0, 0.1) is 0 Å². The maximum atomic E-state index is 6.04. The van der Waals surface area contributed by atoms with Crippen molar-refractivity contribution in [3.63, 3.8) is 0 Å². The summed E-state index contributed by atoms with van der Waals surface area (Å²) < 4.78 is 1.68. The molecule has 16 heavy (non-hydrogen) atoms. The maximum absolute atomic E-state index is 6.04. The van der Waals surface area contributed by atoms with Crippen molar-refractivity contribution >= 4 is 40.3 Å². The van der Waals surface area contributed by atoms with Crippen LogP contribution in [-0.4, -0.2) is 9.78 Å². The zero-order chi connectivity index (χ0) is 11.7. The molecule has 2 aromatic rings. The minimum Gasteiger partial charge on any atom is -0.399 e. The Bertz CT molecular complexity index is 498. The van der Waals surface area contributed by atoms with Gasteiger partial charge in [-0.25, -0.2) is 0 Å². The van der Waals surface area contributed by atoms with Gasteiger partial charge in [-0.15, -0.1) is 0 Å². The second-order valence-corrected chi connectivity index (χ2v) is 4.20. The fourth-order valence-corrected chi connectivity index (χ4v) is 1.94. The van der Waals surface area contributed by atoms with Crippen molar-refractivity contribution in [3.8, 4) is 0 Å². The van der Waals surface area contributed by atoms with E-state index < -0.39 is 0 Å². The van der Waals surface area contributed by atoms with E-state index in [2.05, 4.69) is 10.4 Å². The number of rotatable bonds is 2. The molecule has 0 amide bonds. The minimum absolute atomic E-state index is 0.480. The largest absolute Gasteiger partial charge is 0.399 e. The van der Waals surface area contributed by atoms with Gasteiger partial charge in [0.1, 0.15) is 0 Å². The van der Waals surface area contributed by atoms with Gasteiger partial charge < -0.3 is 11.1 Å². The van der Waals surface area contributed by atoms with Crippen molar-refractivity contribution < 1.29 is 0 Å². The zero-order valence-corrected chi connectivity index (χ0v) is 10.0. The van der Waals surface area contributed by atoms with Crippen molar-refractivity contribution in [1.82, 2.24) is 9.78 Å². The van der Waals surface area contributed by atoms with Crippen molar-refractivity contribution in [2.75, 3.05) is 11.1 Å². The van der Waals surface area contributed by atoms with E-state index in [9.17, 15) is 0 Å². The average Bonchev–Trinajstić information content (AvgIpc) is 2.58. The molecule has 3 N–H and O–H groups in total. The first-order valence-corrected chi connectivity index (χ1v) is 5.32. The van der Waals surface area contributed by atoms with Crippen LogP contribution in [0.1, 0.15) is 0 Å². The van der Waals surface area contributed by atoms with Crippen LogP contribution in [0.25, 0.3) is 0 Å². The Balaban J connectivity index is 2.34. The predicted molar refractivity (Wildman–Crippen MR) is 67.4 cm³/mol. The van der Waals surface area contributed by atoms with Crippen LogP contribution in [0.15, 0.2) is 24.5 Å². The normalized spacial score (nSPS) is 10.4. The van der Waals surface area contributed by atoms with Crippen LogP contribution in [-0.2, 0) is 7.05 Å². The van der Waals surface area contributed by atoms with Crippen molar-refractivity contribution in [1.29, 1.82) is 0 Å². The molecule has 0 atom stereocenters. The lowest BCUT2D eigenvalue weighted by Crippen LogP contribution is -1.93. The standard InChI is InChI=1S/C10H10Cl2N4/c1-16-5-7(4-14-16)15-10-8(11)2-6(13)3-9(10)12/h2-5,15H,13H2,1H3. The third kappa shape index (κ3) is 2.23. The lowest BCUT2D eigenvalue weighted by molar-refractivity contribution is 0.768. The Labute approximate surface area is 103 Å². The Hall–Kier alpha value is -1.39. The van der Waals surface area contributed by atoms with Crippen LogP contribution in [0.2, 0.25) is 10.0 Å². The van der Waals surface area contributed by atoms with Crippen LogP contribution in [0.5, 0.6) is 0 Å². The van der Waals surface area contributed by atoms with E-state index in [1.54, 1.807) is 23.0 Å². The molecule has 0 fully saturated rings. The SMILES string of the molecule is Cn1cc(Nc2c(Cl)cc(N)cc2Cl)cn1. The highest BCUT2D eigenvalue weighted by Gasteiger charge is 2.08. The van der Waals surface area contributed by atoms with Gasteiger partial charge in [0.05, 0.1) is 27.6 Å². The van der Waals surface area contributed by atoms with E-state index in [1.165, 1.54) is 0 Å². The molecular formula is C10H10Cl2N4.